The molecule has 0 radical (unpaired) electrons. The summed E-state index contributed by atoms with van der Waals surface area (Å²) < 4.78 is 7.33. The maximum Gasteiger partial charge on any atom is 0.191 e. The highest BCUT2D eigenvalue weighted by Gasteiger charge is 2.06. The van der Waals surface area contributed by atoms with Crippen molar-refractivity contribution in [3.8, 4) is 11.6 Å². The van der Waals surface area contributed by atoms with Crippen molar-refractivity contribution in [2.75, 3.05) is 20.2 Å². The lowest BCUT2D eigenvalue weighted by Gasteiger charge is -2.13. The molecule has 0 atom stereocenters. The van der Waals surface area contributed by atoms with Crippen molar-refractivity contribution >= 4 is 29.9 Å². The maximum atomic E-state index is 5.47. The highest BCUT2D eigenvalue weighted by Crippen LogP contribution is 2.19. The fourth-order valence-corrected chi connectivity index (χ4v) is 3.43. The second-order valence-electron chi connectivity index (χ2n) is 7.55. The minimum atomic E-state index is 0. The number of ether oxygens (including phenoxy) is 1. The van der Waals surface area contributed by atoms with Crippen molar-refractivity contribution in [1.82, 2.24) is 25.4 Å². The van der Waals surface area contributed by atoms with E-state index in [1.54, 1.807) is 7.11 Å². The van der Waals surface area contributed by atoms with Crippen molar-refractivity contribution in [2.45, 2.75) is 40.7 Å². The molecule has 0 unspecified atom stereocenters. The Balaban J connectivity index is 0.00000363. The third kappa shape index (κ3) is 6.94. The number of aryl methyl sites for hydroxylation is 3. The van der Waals surface area contributed by atoms with Crippen molar-refractivity contribution in [1.29, 1.82) is 0 Å². The van der Waals surface area contributed by atoms with Gasteiger partial charge in [0.25, 0.3) is 0 Å². The Hall–Kier alpha value is -2.62. The van der Waals surface area contributed by atoms with Crippen molar-refractivity contribution in [2.24, 2.45) is 4.99 Å². The van der Waals surface area contributed by atoms with Gasteiger partial charge in [-0.2, -0.15) is 5.10 Å². The van der Waals surface area contributed by atoms with Crippen molar-refractivity contribution in [3.63, 3.8) is 0 Å². The normalized spacial score (nSPS) is 11.1. The largest absolute Gasteiger partial charge is 0.496 e. The first kappa shape index (κ1) is 25.6. The van der Waals surface area contributed by atoms with Crippen LogP contribution in [0.5, 0.6) is 5.75 Å². The molecule has 0 amide bonds. The van der Waals surface area contributed by atoms with Gasteiger partial charge in [0.1, 0.15) is 5.75 Å². The van der Waals surface area contributed by atoms with Crippen molar-refractivity contribution in [3.05, 3.63) is 70.7 Å². The van der Waals surface area contributed by atoms with E-state index in [0.29, 0.717) is 6.54 Å². The van der Waals surface area contributed by atoms with Gasteiger partial charge in [0, 0.05) is 25.0 Å². The topological polar surface area (TPSA) is 76.4 Å². The van der Waals surface area contributed by atoms with Crippen LogP contribution in [0, 0.1) is 20.8 Å². The van der Waals surface area contributed by atoms with Gasteiger partial charge in [0.05, 0.1) is 19.3 Å². The van der Waals surface area contributed by atoms with Gasteiger partial charge >= 0.3 is 0 Å². The summed E-state index contributed by atoms with van der Waals surface area (Å²) in [7, 11) is 1.71. The van der Waals surface area contributed by atoms with E-state index in [1.807, 2.05) is 49.0 Å². The SMILES string of the molecule is CCNC(=NCc1ccc(-n2nc(C)cc2C)nc1)NCCc1cc(C)ccc1OC.I. The Labute approximate surface area is 207 Å². The molecule has 2 aromatic heterocycles. The zero-order valence-electron chi connectivity index (χ0n) is 19.5. The van der Waals surface area contributed by atoms with Crippen LogP contribution in [0.2, 0.25) is 0 Å². The molecule has 172 valence electrons. The monoisotopic (exact) mass is 548 g/mol. The van der Waals surface area contributed by atoms with E-state index in [9.17, 15) is 0 Å². The van der Waals surface area contributed by atoms with Crippen LogP contribution in [-0.2, 0) is 13.0 Å². The van der Waals surface area contributed by atoms with E-state index < -0.39 is 0 Å². The van der Waals surface area contributed by atoms with Crippen LogP contribution in [-0.4, -0.2) is 40.9 Å². The molecule has 3 rings (SSSR count). The molecule has 7 nitrogen and oxygen atoms in total. The first-order chi connectivity index (χ1) is 15.0. The van der Waals surface area contributed by atoms with Gasteiger partial charge in [0.2, 0.25) is 0 Å². The van der Waals surface area contributed by atoms with Gasteiger partial charge in [-0.3, -0.25) is 0 Å². The second kappa shape index (κ2) is 12.4. The summed E-state index contributed by atoms with van der Waals surface area (Å²) >= 11 is 0. The fraction of sp³-hybridized carbons (Fsp3) is 0.375. The Kier molecular flexibility index (Phi) is 9.96. The van der Waals surface area contributed by atoms with Crippen molar-refractivity contribution < 1.29 is 4.74 Å². The van der Waals surface area contributed by atoms with E-state index >= 15 is 0 Å². The van der Waals surface area contributed by atoms with Crippen LogP contribution in [0.15, 0.2) is 47.6 Å². The van der Waals surface area contributed by atoms with Crippen LogP contribution in [0.25, 0.3) is 5.82 Å². The van der Waals surface area contributed by atoms with E-state index in [0.717, 1.165) is 54.0 Å². The lowest BCUT2D eigenvalue weighted by molar-refractivity contribution is 0.409. The highest BCUT2D eigenvalue weighted by atomic mass is 127. The van der Waals surface area contributed by atoms with Gasteiger partial charge in [-0.25, -0.2) is 14.7 Å². The van der Waals surface area contributed by atoms with Crippen LogP contribution < -0.4 is 15.4 Å². The number of nitrogens with zero attached hydrogens (tertiary/aromatic N) is 4. The van der Waals surface area contributed by atoms with Crippen LogP contribution in [0.3, 0.4) is 0 Å². The van der Waals surface area contributed by atoms with E-state index in [1.165, 1.54) is 11.1 Å². The van der Waals surface area contributed by atoms with E-state index in [-0.39, 0.29) is 24.0 Å². The van der Waals surface area contributed by atoms with Crippen LogP contribution in [0.4, 0.5) is 0 Å². The van der Waals surface area contributed by atoms with Gasteiger partial charge in [-0.15, -0.1) is 24.0 Å². The number of benzene rings is 1. The number of methoxy groups -OCH3 is 1. The Morgan fingerprint density at radius 2 is 1.91 bits per heavy atom. The molecular weight excluding hydrogens is 515 g/mol. The molecule has 0 aliphatic carbocycles. The number of pyridine rings is 1. The molecule has 0 saturated carbocycles. The van der Waals surface area contributed by atoms with E-state index in [2.05, 4.69) is 46.7 Å². The molecule has 8 heteroatoms. The number of hydrogen-bond acceptors (Lipinski definition) is 4. The minimum absolute atomic E-state index is 0. The molecule has 1 aromatic carbocycles. The van der Waals surface area contributed by atoms with Gasteiger partial charge in [-0.05, 0) is 63.4 Å². The number of aliphatic imine (C=N–C) groups is 1. The number of nitrogens with one attached hydrogen (secondary N) is 2. The number of rotatable bonds is 8. The van der Waals surface area contributed by atoms with E-state index in [4.69, 9.17) is 9.73 Å². The Morgan fingerprint density at radius 1 is 1.09 bits per heavy atom. The second-order valence-corrected chi connectivity index (χ2v) is 7.55. The molecule has 2 heterocycles. The summed E-state index contributed by atoms with van der Waals surface area (Å²) in [4.78, 5) is 9.25. The lowest BCUT2D eigenvalue weighted by Crippen LogP contribution is -2.38. The summed E-state index contributed by atoms with van der Waals surface area (Å²) in [5, 5.41) is 11.2. The smallest absolute Gasteiger partial charge is 0.191 e. The standard InChI is InChI=1S/C24H32N6O.HI/c1-6-25-24(26-12-11-21-13-17(2)7-9-22(21)31-5)28-16-20-8-10-23(27-15-20)30-19(4)14-18(3)29-30;/h7-10,13-15H,6,11-12,16H2,1-5H3,(H2,25,26,28);1H. The minimum Gasteiger partial charge on any atom is -0.496 e. The van der Waals surface area contributed by atoms with Crippen LogP contribution in [0.1, 0.15) is 35.0 Å². The summed E-state index contributed by atoms with van der Waals surface area (Å²) in [6.07, 6.45) is 2.71. The molecule has 0 aliphatic rings. The molecule has 2 N–H and O–H groups in total. The average Bonchev–Trinajstić information content (AvgIpc) is 3.10. The number of aromatic nitrogens is 3. The molecule has 0 bridgehead atoms. The molecular formula is C24H33IN6O. The molecule has 32 heavy (non-hydrogen) atoms. The molecule has 0 spiro atoms. The quantitative estimate of drug-likeness (QED) is 0.252. The molecule has 0 aliphatic heterocycles. The first-order valence-corrected chi connectivity index (χ1v) is 10.6. The summed E-state index contributed by atoms with van der Waals surface area (Å²) in [5.41, 5.74) is 5.52. The summed E-state index contributed by atoms with van der Waals surface area (Å²) in [6.45, 7) is 10.3. The lowest BCUT2D eigenvalue weighted by atomic mass is 10.1. The zero-order chi connectivity index (χ0) is 22.2. The Bertz CT molecular complexity index is 1030. The van der Waals surface area contributed by atoms with Gasteiger partial charge < -0.3 is 15.4 Å². The van der Waals surface area contributed by atoms with Crippen LogP contribution >= 0.6 is 24.0 Å². The Morgan fingerprint density at radius 3 is 2.53 bits per heavy atom. The number of hydrogen-bond donors (Lipinski definition) is 2. The number of halogens is 1. The van der Waals surface area contributed by atoms with Gasteiger partial charge in [0.15, 0.2) is 11.8 Å². The predicted octanol–water partition coefficient (Wildman–Crippen LogP) is 4.12. The predicted molar refractivity (Wildman–Crippen MR) is 141 cm³/mol. The fourth-order valence-electron chi connectivity index (χ4n) is 3.43. The molecule has 0 saturated heterocycles. The summed E-state index contributed by atoms with van der Waals surface area (Å²) in [6, 6.07) is 12.3. The molecule has 0 fully saturated rings. The third-order valence-electron chi connectivity index (χ3n) is 4.92. The first-order valence-electron chi connectivity index (χ1n) is 10.6. The average molecular weight is 548 g/mol. The highest BCUT2D eigenvalue weighted by molar-refractivity contribution is 14.0. The molecule has 3 aromatic rings. The number of guanidine groups is 1. The third-order valence-corrected chi connectivity index (χ3v) is 4.92. The zero-order valence-corrected chi connectivity index (χ0v) is 21.8. The maximum absolute atomic E-state index is 5.47. The van der Waals surface area contributed by atoms with Gasteiger partial charge in [-0.1, -0.05) is 23.8 Å². The summed E-state index contributed by atoms with van der Waals surface area (Å²) in [5.74, 6) is 2.52.